The van der Waals surface area contributed by atoms with Gasteiger partial charge in [-0.3, -0.25) is 13.9 Å². The van der Waals surface area contributed by atoms with Crippen LogP contribution in [0.5, 0.6) is 0 Å². The fourth-order valence-corrected chi connectivity index (χ4v) is 2.04. The van der Waals surface area contributed by atoms with Crippen molar-refractivity contribution in [3.8, 4) is 0 Å². The molecule has 6 heteroatoms. The lowest BCUT2D eigenvalue weighted by Crippen LogP contribution is -2.37. The molecule has 2 aromatic heterocycles. The highest BCUT2D eigenvalue weighted by molar-refractivity contribution is 5.78. The first kappa shape index (κ1) is 11.7. The van der Waals surface area contributed by atoms with Gasteiger partial charge in [0, 0.05) is 32.4 Å². The Labute approximate surface area is 98.1 Å². The second-order valence-electron chi connectivity index (χ2n) is 4.48. The zero-order valence-corrected chi connectivity index (χ0v) is 10.4. The van der Waals surface area contributed by atoms with Crippen molar-refractivity contribution in [2.45, 2.75) is 6.54 Å². The van der Waals surface area contributed by atoms with Crippen LogP contribution in [-0.2, 0) is 20.6 Å². The van der Waals surface area contributed by atoms with E-state index in [1.807, 2.05) is 19.0 Å². The van der Waals surface area contributed by atoms with Crippen LogP contribution in [0.2, 0.25) is 0 Å². The molecule has 0 aliphatic heterocycles. The molecule has 0 bridgehead atoms. The third-order valence-corrected chi connectivity index (χ3v) is 2.85. The normalized spacial score (nSPS) is 11.6. The lowest BCUT2D eigenvalue weighted by Gasteiger charge is -2.10. The summed E-state index contributed by atoms with van der Waals surface area (Å²) in [6.45, 7) is 0.681. The Kier molecular flexibility index (Phi) is 2.66. The summed E-state index contributed by atoms with van der Waals surface area (Å²) in [7, 11) is 7.05. The van der Waals surface area contributed by atoms with E-state index in [-0.39, 0.29) is 11.2 Å². The minimum atomic E-state index is -0.304. The maximum Gasteiger partial charge on any atom is 0.331 e. The number of fused-ring (bicyclic) bond motifs is 1. The van der Waals surface area contributed by atoms with Gasteiger partial charge in [0.2, 0.25) is 0 Å². The molecule has 1 N–H and O–H groups in total. The molecule has 6 nitrogen and oxygen atoms in total. The van der Waals surface area contributed by atoms with Gasteiger partial charge in [-0.05, 0) is 14.1 Å². The first-order chi connectivity index (χ1) is 7.93. The second-order valence-corrected chi connectivity index (χ2v) is 4.48. The lowest BCUT2D eigenvalue weighted by molar-refractivity contribution is 0.403. The Morgan fingerprint density at radius 1 is 1.24 bits per heavy atom. The van der Waals surface area contributed by atoms with Gasteiger partial charge in [-0.25, -0.2) is 4.79 Å². The monoisotopic (exact) mass is 236 g/mol. The van der Waals surface area contributed by atoms with E-state index < -0.39 is 0 Å². The number of nitrogens with one attached hydrogen (secondary N) is 1. The smallest absolute Gasteiger partial charge is 0.331 e. The van der Waals surface area contributed by atoms with Gasteiger partial charge in [0.05, 0.1) is 5.52 Å². The maximum absolute atomic E-state index is 11.9. The van der Waals surface area contributed by atoms with Crippen LogP contribution in [0.25, 0.3) is 11.0 Å². The van der Waals surface area contributed by atoms with Gasteiger partial charge < -0.3 is 9.88 Å². The van der Waals surface area contributed by atoms with Crippen LogP contribution in [0.15, 0.2) is 15.8 Å². The summed E-state index contributed by atoms with van der Waals surface area (Å²) in [4.78, 5) is 28.7. The third-order valence-electron chi connectivity index (χ3n) is 2.85. The van der Waals surface area contributed by atoms with E-state index >= 15 is 0 Å². The van der Waals surface area contributed by atoms with E-state index in [2.05, 4.69) is 4.98 Å². The van der Waals surface area contributed by atoms with E-state index in [0.717, 1.165) is 10.1 Å². The topological polar surface area (TPSA) is 63.0 Å². The van der Waals surface area contributed by atoms with Crippen molar-refractivity contribution in [2.75, 3.05) is 14.1 Å². The van der Waals surface area contributed by atoms with Crippen molar-refractivity contribution in [3.63, 3.8) is 0 Å². The van der Waals surface area contributed by atoms with Crippen molar-refractivity contribution in [1.29, 1.82) is 0 Å². The zero-order chi connectivity index (χ0) is 12.7. The van der Waals surface area contributed by atoms with Gasteiger partial charge in [0.15, 0.2) is 0 Å². The summed E-state index contributed by atoms with van der Waals surface area (Å²) in [5.74, 6) is 0. The number of nitrogens with zero attached hydrogens (tertiary/aromatic N) is 3. The molecule has 0 aromatic carbocycles. The van der Waals surface area contributed by atoms with E-state index in [1.165, 1.54) is 11.6 Å². The quantitative estimate of drug-likeness (QED) is 0.773. The minimum Gasteiger partial charge on any atom is -0.355 e. The van der Waals surface area contributed by atoms with E-state index in [4.69, 9.17) is 0 Å². The molecule has 2 heterocycles. The first-order valence-corrected chi connectivity index (χ1v) is 5.34. The average molecular weight is 236 g/mol. The summed E-state index contributed by atoms with van der Waals surface area (Å²) in [5, 5.41) is 0. The Morgan fingerprint density at radius 2 is 1.88 bits per heavy atom. The standard InChI is InChI=1S/C11H16N4O2/c1-13(2)6-7-5-12-8-9(7)14(3)11(17)15(4)10(8)16/h5,12H,6H2,1-4H3. The van der Waals surface area contributed by atoms with Crippen LogP contribution in [-0.4, -0.2) is 33.1 Å². The van der Waals surface area contributed by atoms with Crippen LogP contribution in [0.4, 0.5) is 0 Å². The molecular formula is C11H16N4O2. The highest BCUT2D eigenvalue weighted by Gasteiger charge is 2.13. The Morgan fingerprint density at radius 3 is 2.47 bits per heavy atom. The van der Waals surface area contributed by atoms with Gasteiger partial charge in [-0.2, -0.15) is 0 Å². The van der Waals surface area contributed by atoms with Crippen molar-refractivity contribution < 1.29 is 0 Å². The largest absolute Gasteiger partial charge is 0.355 e. The van der Waals surface area contributed by atoms with Gasteiger partial charge >= 0.3 is 5.69 Å². The molecule has 0 radical (unpaired) electrons. The molecule has 0 saturated heterocycles. The SMILES string of the molecule is CN(C)Cc1c[nH]c2c(=O)n(C)c(=O)n(C)c12. The Hall–Kier alpha value is -1.82. The molecule has 0 aliphatic carbocycles. The molecule has 2 rings (SSSR count). The number of aromatic amines is 1. The molecular weight excluding hydrogens is 220 g/mol. The van der Waals surface area contributed by atoms with Gasteiger partial charge in [-0.15, -0.1) is 0 Å². The van der Waals surface area contributed by atoms with Crippen LogP contribution in [0.1, 0.15) is 5.56 Å². The third kappa shape index (κ3) is 1.70. The number of hydrogen-bond acceptors (Lipinski definition) is 3. The highest BCUT2D eigenvalue weighted by Crippen LogP contribution is 2.13. The van der Waals surface area contributed by atoms with E-state index in [1.54, 1.807) is 13.2 Å². The van der Waals surface area contributed by atoms with Crippen molar-refractivity contribution in [3.05, 3.63) is 32.6 Å². The number of hydrogen-bond donors (Lipinski definition) is 1. The molecule has 17 heavy (non-hydrogen) atoms. The number of H-pyrrole nitrogens is 1. The lowest BCUT2D eigenvalue weighted by atomic mass is 10.2. The summed E-state index contributed by atoms with van der Waals surface area (Å²) in [5.41, 5.74) is 1.52. The number of rotatable bonds is 2. The fraction of sp³-hybridized carbons (Fsp3) is 0.455. The molecule has 0 amide bonds. The van der Waals surface area contributed by atoms with Crippen molar-refractivity contribution >= 4 is 11.0 Å². The minimum absolute atomic E-state index is 0.284. The van der Waals surface area contributed by atoms with Crippen LogP contribution < -0.4 is 11.2 Å². The summed E-state index contributed by atoms with van der Waals surface area (Å²) in [6, 6.07) is 0. The van der Waals surface area contributed by atoms with Crippen molar-refractivity contribution in [2.24, 2.45) is 14.1 Å². The molecule has 0 atom stereocenters. The van der Waals surface area contributed by atoms with Gasteiger partial charge in [0.1, 0.15) is 5.52 Å². The van der Waals surface area contributed by atoms with E-state index in [9.17, 15) is 9.59 Å². The Bertz CT molecular complexity index is 675. The zero-order valence-electron chi connectivity index (χ0n) is 10.4. The highest BCUT2D eigenvalue weighted by atomic mass is 16.2. The second kappa shape index (κ2) is 3.89. The molecule has 0 saturated carbocycles. The van der Waals surface area contributed by atoms with Crippen LogP contribution in [0.3, 0.4) is 0 Å². The number of aromatic nitrogens is 3. The molecule has 0 fully saturated rings. The van der Waals surface area contributed by atoms with Crippen LogP contribution >= 0.6 is 0 Å². The molecule has 0 unspecified atom stereocenters. The van der Waals surface area contributed by atoms with Gasteiger partial charge in [0.25, 0.3) is 5.56 Å². The predicted octanol–water partition coefficient (Wildman–Crippen LogP) is -0.373. The van der Waals surface area contributed by atoms with E-state index in [0.29, 0.717) is 17.6 Å². The number of aryl methyl sites for hydroxylation is 1. The molecule has 92 valence electrons. The predicted molar refractivity (Wildman–Crippen MR) is 66.2 cm³/mol. The molecule has 2 aromatic rings. The summed E-state index contributed by atoms with van der Waals surface area (Å²) < 4.78 is 2.62. The summed E-state index contributed by atoms with van der Waals surface area (Å²) >= 11 is 0. The molecule has 0 spiro atoms. The van der Waals surface area contributed by atoms with Crippen molar-refractivity contribution in [1.82, 2.24) is 19.0 Å². The first-order valence-electron chi connectivity index (χ1n) is 5.34. The average Bonchev–Trinajstić information content (AvgIpc) is 2.66. The van der Waals surface area contributed by atoms with Crippen LogP contribution in [0, 0.1) is 0 Å². The fourth-order valence-electron chi connectivity index (χ4n) is 2.04. The van der Waals surface area contributed by atoms with Gasteiger partial charge in [-0.1, -0.05) is 0 Å². The summed E-state index contributed by atoms with van der Waals surface area (Å²) in [6.07, 6.45) is 1.78. The maximum atomic E-state index is 11.9. The Balaban J connectivity index is 2.86. The molecule has 0 aliphatic rings.